The molecule has 0 saturated heterocycles. The van der Waals surface area contributed by atoms with E-state index in [2.05, 4.69) is 10.1 Å². The summed E-state index contributed by atoms with van der Waals surface area (Å²) in [5, 5.41) is 3.94. The molecular weight excluding hydrogens is 382 g/mol. The van der Waals surface area contributed by atoms with Gasteiger partial charge in [-0.3, -0.25) is 0 Å². The Balaban J connectivity index is 1.79. The summed E-state index contributed by atoms with van der Waals surface area (Å²) in [4.78, 5) is 4.48. The van der Waals surface area contributed by atoms with Crippen LogP contribution < -0.4 is 9.47 Å². The third-order valence-electron chi connectivity index (χ3n) is 4.18. The van der Waals surface area contributed by atoms with Crippen LogP contribution in [0.15, 0.2) is 57.9 Å². The van der Waals surface area contributed by atoms with E-state index in [1.807, 2.05) is 0 Å². The molecule has 0 bridgehead atoms. The van der Waals surface area contributed by atoms with E-state index in [-0.39, 0.29) is 23.9 Å². The van der Waals surface area contributed by atoms with Gasteiger partial charge in [0.1, 0.15) is 11.5 Å². The van der Waals surface area contributed by atoms with Crippen LogP contribution in [0.25, 0.3) is 11.4 Å². The number of rotatable bonds is 8. The van der Waals surface area contributed by atoms with E-state index < -0.39 is 10.0 Å². The minimum Gasteiger partial charge on any atom is -0.497 e. The lowest BCUT2D eigenvalue weighted by Gasteiger charge is -2.18. The number of nitrogens with zero attached hydrogens (tertiary/aromatic N) is 3. The van der Waals surface area contributed by atoms with Crippen molar-refractivity contribution in [1.29, 1.82) is 0 Å². The Labute approximate surface area is 163 Å². The molecule has 0 spiro atoms. The Bertz CT molecular complexity index is 1010. The van der Waals surface area contributed by atoms with Gasteiger partial charge < -0.3 is 14.0 Å². The lowest BCUT2D eigenvalue weighted by molar-refractivity contribution is 0.321. The van der Waals surface area contributed by atoms with Gasteiger partial charge in [0.15, 0.2) is 0 Å². The van der Waals surface area contributed by atoms with Gasteiger partial charge in [0.2, 0.25) is 21.7 Å². The molecule has 0 N–H and O–H groups in total. The summed E-state index contributed by atoms with van der Waals surface area (Å²) < 4.78 is 42.5. The zero-order valence-electron chi connectivity index (χ0n) is 15.8. The van der Waals surface area contributed by atoms with Crippen molar-refractivity contribution in [3.63, 3.8) is 0 Å². The second-order valence-corrected chi connectivity index (χ2v) is 7.78. The average Bonchev–Trinajstić information content (AvgIpc) is 3.20. The van der Waals surface area contributed by atoms with E-state index >= 15 is 0 Å². The van der Waals surface area contributed by atoms with Gasteiger partial charge in [0.25, 0.3) is 0 Å². The normalized spacial score (nSPS) is 11.6. The minimum absolute atomic E-state index is 0.0198. The molecule has 0 aliphatic rings. The van der Waals surface area contributed by atoms with Crippen LogP contribution in [0.3, 0.4) is 0 Å². The smallest absolute Gasteiger partial charge is 0.243 e. The van der Waals surface area contributed by atoms with Crippen molar-refractivity contribution in [2.45, 2.75) is 18.4 Å². The van der Waals surface area contributed by atoms with E-state index in [9.17, 15) is 8.42 Å². The summed E-state index contributed by atoms with van der Waals surface area (Å²) in [5.41, 5.74) is 0.747. The highest BCUT2D eigenvalue weighted by atomic mass is 32.2. The third kappa shape index (κ3) is 4.15. The molecule has 148 valence electrons. The van der Waals surface area contributed by atoms with Gasteiger partial charge in [-0.15, -0.1) is 0 Å². The lowest BCUT2D eigenvalue weighted by Crippen LogP contribution is -2.30. The van der Waals surface area contributed by atoms with Crippen LogP contribution in [0.4, 0.5) is 0 Å². The Kier molecular flexibility index (Phi) is 5.96. The van der Waals surface area contributed by atoms with Crippen LogP contribution in [-0.4, -0.2) is 43.6 Å². The molecule has 0 fully saturated rings. The van der Waals surface area contributed by atoms with Crippen molar-refractivity contribution >= 4 is 10.0 Å². The Morgan fingerprint density at radius 3 is 2.07 bits per heavy atom. The van der Waals surface area contributed by atoms with Crippen LogP contribution in [0.2, 0.25) is 0 Å². The van der Waals surface area contributed by atoms with Crippen LogP contribution in [0.1, 0.15) is 12.8 Å². The predicted octanol–water partition coefficient (Wildman–Crippen LogP) is 2.96. The summed E-state index contributed by atoms with van der Waals surface area (Å²) >= 11 is 0. The van der Waals surface area contributed by atoms with E-state index in [0.29, 0.717) is 11.6 Å². The van der Waals surface area contributed by atoms with Crippen molar-refractivity contribution in [3.05, 3.63) is 54.4 Å². The van der Waals surface area contributed by atoms with Crippen LogP contribution >= 0.6 is 0 Å². The Hall–Kier alpha value is -2.91. The van der Waals surface area contributed by atoms with E-state index in [0.717, 1.165) is 11.3 Å². The number of methoxy groups -OCH3 is 2. The molecule has 0 aliphatic carbocycles. The van der Waals surface area contributed by atoms with Gasteiger partial charge in [-0.25, -0.2) is 8.42 Å². The highest BCUT2D eigenvalue weighted by molar-refractivity contribution is 7.89. The van der Waals surface area contributed by atoms with Gasteiger partial charge in [0, 0.05) is 12.1 Å². The summed E-state index contributed by atoms with van der Waals surface area (Å²) in [6, 6.07) is 13.4. The largest absolute Gasteiger partial charge is 0.497 e. The quantitative estimate of drug-likeness (QED) is 0.571. The van der Waals surface area contributed by atoms with Gasteiger partial charge in [-0.1, -0.05) is 12.1 Å². The molecule has 3 rings (SSSR count). The van der Waals surface area contributed by atoms with Gasteiger partial charge >= 0.3 is 0 Å². The maximum absolute atomic E-state index is 12.9. The van der Waals surface area contributed by atoms with Crippen molar-refractivity contribution in [1.82, 2.24) is 14.4 Å². The zero-order chi connectivity index (χ0) is 20.1. The fourth-order valence-electron chi connectivity index (χ4n) is 2.59. The molecule has 9 heteroatoms. The molecule has 8 nitrogen and oxygen atoms in total. The molecule has 0 amide bonds. The van der Waals surface area contributed by atoms with Crippen LogP contribution in [-0.2, 0) is 16.6 Å². The maximum atomic E-state index is 12.9. The molecule has 0 unspecified atom stereocenters. The lowest BCUT2D eigenvalue weighted by atomic mass is 10.2. The van der Waals surface area contributed by atoms with Crippen LogP contribution in [0, 0.1) is 0 Å². The summed E-state index contributed by atoms with van der Waals surface area (Å²) in [7, 11) is -0.592. The van der Waals surface area contributed by atoms with Crippen molar-refractivity contribution in [3.8, 4) is 22.9 Å². The molecule has 2 aromatic carbocycles. The van der Waals surface area contributed by atoms with Gasteiger partial charge in [-0.2, -0.15) is 9.29 Å². The van der Waals surface area contributed by atoms with Crippen molar-refractivity contribution in [2.24, 2.45) is 0 Å². The Morgan fingerprint density at radius 2 is 1.54 bits per heavy atom. The van der Waals surface area contributed by atoms with Gasteiger partial charge in [-0.05, 0) is 48.5 Å². The SMILES string of the molecule is CCN(Cc1nc(-c2ccc(OC)cc2)no1)S(=O)(=O)c1ccc(OC)cc1. The zero-order valence-corrected chi connectivity index (χ0v) is 16.6. The summed E-state index contributed by atoms with van der Waals surface area (Å²) in [6.45, 7) is 1.99. The average molecular weight is 403 g/mol. The van der Waals surface area contributed by atoms with E-state index in [1.54, 1.807) is 50.4 Å². The molecule has 1 aromatic heterocycles. The summed E-state index contributed by atoms with van der Waals surface area (Å²) in [5.74, 6) is 1.90. The first kappa shape index (κ1) is 19.8. The maximum Gasteiger partial charge on any atom is 0.243 e. The number of hydrogen-bond acceptors (Lipinski definition) is 7. The number of aromatic nitrogens is 2. The first-order valence-corrected chi connectivity index (χ1v) is 10.0. The molecular formula is C19H21N3O5S. The minimum atomic E-state index is -3.71. The fraction of sp³-hybridized carbons (Fsp3) is 0.263. The summed E-state index contributed by atoms with van der Waals surface area (Å²) in [6.07, 6.45) is 0. The Morgan fingerprint density at radius 1 is 0.964 bits per heavy atom. The van der Waals surface area contributed by atoms with Crippen molar-refractivity contribution in [2.75, 3.05) is 20.8 Å². The van der Waals surface area contributed by atoms with E-state index in [4.69, 9.17) is 14.0 Å². The highest BCUT2D eigenvalue weighted by Crippen LogP contribution is 2.23. The molecule has 3 aromatic rings. The molecule has 0 radical (unpaired) electrons. The first-order valence-electron chi connectivity index (χ1n) is 8.59. The molecule has 0 aliphatic heterocycles. The molecule has 0 atom stereocenters. The number of hydrogen-bond donors (Lipinski definition) is 0. The molecule has 0 saturated carbocycles. The highest BCUT2D eigenvalue weighted by Gasteiger charge is 2.25. The second-order valence-electron chi connectivity index (χ2n) is 5.85. The third-order valence-corrected chi connectivity index (χ3v) is 6.11. The molecule has 1 heterocycles. The topological polar surface area (TPSA) is 94.8 Å². The standard InChI is InChI=1S/C19H21N3O5S/c1-4-22(28(23,24)17-11-9-16(26-3)10-12-17)13-18-20-19(21-27-18)14-5-7-15(25-2)8-6-14/h5-12H,4,13H2,1-3H3. The number of sulfonamides is 1. The van der Waals surface area contributed by atoms with E-state index in [1.165, 1.54) is 23.5 Å². The number of ether oxygens (including phenoxy) is 2. The first-order chi connectivity index (χ1) is 13.5. The predicted molar refractivity (Wildman–Crippen MR) is 103 cm³/mol. The fourth-order valence-corrected chi connectivity index (χ4v) is 3.99. The second kappa shape index (κ2) is 8.41. The monoisotopic (exact) mass is 403 g/mol. The van der Waals surface area contributed by atoms with Crippen LogP contribution in [0.5, 0.6) is 11.5 Å². The van der Waals surface area contributed by atoms with Gasteiger partial charge in [0.05, 0.1) is 25.7 Å². The van der Waals surface area contributed by atoms with Crippen molar-refractivity contribution < 1.29 is 22.4 Å². The number of benzene rings is 2. The molecule has 28 heavy (non-hydrogen) atoms.